The summed E-state index contributed by atoms with van der Waals surface area (Å²) in [4.78, 5) is 29.9. The van der Waals surface area contributed by atoms with Crippen LogP contribution in [-0.2, 0) is 43.5 Å². The number of carboxylic acid groups (broad SMARTS) is 1. The van der Waals surface area contributed by atoms with E-state index in [1.54, 1.807) is 45.0 Å². The predicted molar refractivity (Wildman–Crippen MR) is 197 cm³/mol. The highest BCUT2D eigenvalue weighted by atomic mass is 32.2. The molecule has 1 amide bonds. The van der Waals surface area contributed by atoms with Gasteiger partial charge in [0.05, 0.1) is 25.2 Å². The summed E-state index contributed by atoms with van der Waals surface area (Å²) in [5.74, 6) is -3.33. The maximum atomic E-state index is 14.6. The predicted octanol–water partition coefficient (Wildman–Crippen LogP) is 5.74. The van der Waals surface area contributed by atoms with Crippen molar-refractivity contribution in [3.63, 3.8) is 0 Å². The molecular formula is C39H45F3N6O7S. The average Bonchev–Trinajstić information content (AvgIpc) is 3.54. The first-order valence-corrected chi connectivity index (χ1v) is 20.1. The Hall–Kier alpha value is -4.61. The minimum atomic E-state index is -4.76. The van der Waals surface area contributed by atoms with Gasteiger partial charge in [0.2, 0.25) is 27.6 Å². The number of nitrogens with one attached hydrogen (secondary N) is 1. The van der Waals surface area contributed by atoms with E-state index in [4.69, 9.17) is 9.47 Å². The van der Waals surface area contributed by atoms with Crippen molar-refractivity contribution in [3.8, 4) is 5.88 Å². The van der Waals surface area contributed by atoms with E-state index in [9.17, 15) is 36.3 Å². The van der Waals surface area contributed by atoms with Crippen LogP contribution in [0.1, 0.15) is 97.6 Å². The van der Waals surface area contributed by atoms with Crippen LogP contribution in [0.15, 0.2) is 47.5 Å². The molecule has 0 radical (unpaired) electrons. The molecule has 3 aromatic heterocycles. The number of benzene rings is 1. The minimum Gasteiger partial charge on any atom is -0.481 e. The van der Waals surface area contributed by atoms with Gasteiger partial charge >= 0.3 is 12.1 Å². The number of pyridine rings is 2. The summed E-state index contributed by atoms with van der Waals surface area (Å²) in [6, 6.07) is 10.1. The highest BCUT2D eigenvalue weighted by molar-refractivity contribution is 7.89. The second-order valence-electron chi connectivity index (χ2n) is 15.7. The van der Waals surface area contributed by atoms with Gasteiger partial charge in [-0.1, -0.05) is 18.2 Å². The molecular weight excluding hydrogens is 754 g/mol. The molecule has 56 heavy (non-hydrogen) atoms. The maximum Gasteiger partial charge on any atom is 0.452 e. The zero-order valence-electron chi connectivity index (χ0n) is 31.6. The van der Waals surface area contributed by atoms with E-state index in [2.05, 4.69) is 20.5 Å². The Balaban J connectivity index is 1.25. The van der Waals surface area contributed by atoms with Crippen molar-refractivity contribution in [1.29, 1.82) is 0 Å². The Morgan fingerprint density at radius 2 is 1.80 bits per heavy atom. The number of sulfonamides is 1. The summed E-state index contributed by atoms with van der Waals surface area (Å²) in [6.45, 7) is 7.10. The summed E-state index contributed by atoms with van der Waals surface area (Å²) >= 11 is 0. The van der Waals surface area contributed by atoms with Crippen LogP contribution in [0.4, 0.5) is 13.2 Å². The van der Waals surface area contributed by atoms with Crippen molar-refractivity contribution >= 4 is 27.5 Å². The highest BCUT2D eigenvalue weighted by Crippen LogP contribution is 2.45. The lowest BCUT2D eigenvalue weighted by molar-refractivity contribution is -0.147. The largest absolute Gasteiger partial charge is 0.481 e. The third kappa shape index (κ3) is 7.47. The molecule has 13 nitrogen and oxygen atoms in total. The number of rotatable bonds is 10. The summed E-state index contributed by atoms with van der Waals surface area (Å²) in [5, 5.41) is 20.7. The van der Waals surface area contributed by atoms with Gasteiger partial charge in [0.1, 0.15) is 10.5 Å². The number of aryl methyl sites for hydroxylation is 3. The summed E-state index contributed by atoms with van der Waals surface area (Å²) in [5.41, 5.74) is 0.684. The molecule has 1 saturated carbocycles. The van der Waals surface area contributed by atoms with Gasteiger partial charge in [-0.3, -0.25) is 14.0 Å². The van der Waals surface area contributed by atoms with Gasteiger partial charge in [0.15, 0.2) is 5.65 Å². The van der Waals surface area contributed by atoms with E-state index in [0.717, 1.165) is 29.2 Å². The lowest BCUT2D eigenvalue weighted by atomic mass is 9.70. The number of ether oxygens (including phenoxy) is 2. The van der Waals surface area contributed by atoms with Gasteiger partial charge in [0, 0.05) is 49.7 Å². The van der Waals surface area contributed by atoms with Crippen molar-refractivity contribution in [1.82, 2.24) is 29.2 Å². The fourth-order valence-electron chi connectivity index (χ4n) is 7.84. The number of amides is 1. The van der Waals surface area contributed by atoms with Crippen LogP contribution in [-0.4, -0.2) is 80.7 Å². The fourth-order valence-corrected chi connectivity index (χ4v) is 9.38. The molecule has 4 aromatic rings. The number of alkyl halides is 3. The number of nitrogens with zero attached hydrogens (tertiary/aromatic N) is 5. The van der Waals surface area contributed by atoms with Crippen LogP contribution in [0.25, 0.3) is 5.65 Å². The molecule has 1 unspecified atom stereocenters. The second kappa shape index (κ2) is 14.7. The lowest BCUT2D eigenvalue weighted by Gasteiger charge is -2.38. The van der Waals surface area contributed by atoms with Gasteiger partial charge in [-0.25, -0.2) is 13.4 Å². The highest BCUT2D eigenvalue weighted by Gasteiger charge is 2.46. The van der Waals surface area contributed by atoms with Gasteiger partial charge in [0.25, 0.3) is 0 Å². The second-order valence-corrected chi connectivity index (χ2v) is 17.6. The quantitative estimate of drug-likeness (QED) is 0.202. The van der Waals surface area contributed by atoms with Crippen molar-refractivity contribution in [2.45, 2.75) is 108 Å². The Bertz CT molecular complexity index is 2280. The SMILES string of the molecule is Cc1ccc(C(c2ccn3c(C(F)(F)F)nnc3c2C)C(C)(C)C(=O)O)cc1CN1CC2(CCOCC2)Oc2nc(CCC(=O)NC3CCC3)ccc2S1(=O)=O. The lowest BCUT2D eigenvalue weighted by Crippen LogP contribution is -2.50. The molecule has 7 rings (SSSR count). The van der Waals surface area contributed by atoms with Crippen molar-refractivity contribution < 1.29 is 45.8 Å². The number of halogens is 3. The first-order chi connectivity index (χ1) is 26.4. The number of carbonyl (C=O) groups excluding carboxylic acids is 1. The third-order valence-corrected chi connectivity index (χ3v) is 13.3. The minimum absolute atomic E-state index is 0.00784. The molecule has 5 heterocycles. The van der Waals surface area contributed by atoms with Gasteiger partial charge in [-0.2, -0.15) is 17.5 Å². The molecule has 300 valence electrons. The Labute approximate surface area is 322 Å². The van der Waals surface area contributed by atoms with Crippen molar-refractivity contribution in [2.75, 3.05) is 19.8 Å². The molecule has 1 aromatic carbocycles. The number of carboxylic acids is 1. The zero-order valence-corrected chi connectivity index (χ0v) is 32.5. The van der Waals surface area contributed by atoms with Crippen LogP contribution < -0.4 is 10.1 Å². The Kier molecular flexibility index (Phi) is 10.4. The van der Waals surface area contributed by atoms with E-state index >= 15 is 0 Å². The molecule has 17 heteroatoms. The average molecular weight is 799 g/mol. The van der Waals surface area contributed by atoms with E-state index in [1.165, 1.54) is 22.6 Å². The topological polar surface area (TPSA) is 165 Å². The van der Waals surface area contributed by atoms with Gasteiger partial charge in [-0.05, 0) is 99.4 Å². The van der Waals surface area contributed by atoms with E-state index in [1.807, 2.05) is 6.92 Å². The number of carbonyl (C=O) groups is 2. The number of fused-ring (bicyclic) bond motifs is 2. The Morgan fingerprint density at radius 1 is 1.07 bits per heavy atom. The smallest absolute Gasteiger partial charge is 0.452 e. The molecule has 3 aliphatic rings. The van der Waals surface area contributed by atoms with Crippen molar-refractivity contribution in [3.05, 3.63) is 81.9 Å². The molecule has 1 aliphatic carbocycles. The molecule has 2 fully saturated rings. The first-order valence-electron chi connectivity index (χ1n) is 18.7. The Morgan fingerprint density at radius 3 is 2.46 bits per heavy atom. The number of hydrogen-bond acceptors (Lipinski definition) is 9. The molecule has 2 aliphatic heterocycles. The number of hydrogen-bond donors (Lipinski definition) is 2. The van der Waals surface area contributed by atoms with Crippen LogP contribution in [0, 0.1) is 19.3 Å². The van der Waals surface area contributed by atoms with E-state index < -0.39 is 44.9 Å². The van der Waals surface area contributed by atoms with E-state index in [-0.39, 0.29) is 47.9 Å². The van der Waals surface area contributed by atoms with Crippen LogP contribution in [0.3, 0.4) is 0 Å². The fraction of sp³-hybridized carbons (Fsp3) is 0.513. The first kappa shape index (κ1) is 39.6. The molecule has 1 atom stereocenters. The molecule has 2 N–H and O–H groups in total. The summed E-state index contributed by atoms with van der Waals surface area (Å²) in [7, 11) is -4.22. The van der Waals surface area contributed by atoms with Gasteiger partial charge in [-0.15, -0.1) is 10.2 Å². The monoisotopic (exact) mass is 798 g/mol. The zero-order chi connectivity index (χ0) is 40.2. The summed E-state index contributed by atoms with van der Waals surface area (Å²) < 4.78 is 84.7. The normalized spacial score (nSPS) is 19.1. The number of aliphatic carboxylic acids is 1. The summed E-state index contributed by atoms with van der Waals surface area (Å²) in [6.07, 6.45) is 0.793. The van der Waals surface area contributed by atoms with E-state index in [0.29, 0.717) is 60.4 Å². The third-order valence-electron chi connectivity index (χ3n) is 11.5. The van der Waals surface area contributed by atoms with Crippen molar-refractivity contribution in [2.24, 2.45) is 5.41 Å². The van der Waals surface area contributed by atoms with Gasteiger partial charge < -0.3 is 19.9 Å². The van der Waals surface area contributed by atoms with Crippen LogP contribution in [0.5, 0.6) is 5.88 Å². The van der Waals surface area contributed by atoms with Crippen LogP contribution in [0.2, 0.25) is 0 Å². The molecule has 1 spiro atoms. The standard InChI is InChI=1S/C39H45F3N6O7S/c1-23-8-9-25(32(37(3,4)36(50)51)29-14-17-48-33(24(29)2)45-46-35(48)39(40,41)42)20-26(23)21-47-22-38(15-18-54-19-16-38)55-34-30(56(47,52)53)12-10-28(44-34)11-13-31(49)43-27-6-5-7-27/h8-10,12,14,17,20,27,32H,5-7,11,13,15-16,18-19,21-22H2,1-4H3,(H,43,49)(H,50,51). The molecule has 0 bridgehead atoms. The maximum absolute atomic E-state index is 14.6. The number of aromatic nitrogens is 4. The molecule has 1 saturated heterocycles. The van der Waals surface area contributed by atoms with Crippen LogP contribution >= 0.6 is 0 Å².